The van der Waals surface area contributed by atoms with Crippen molar-refractivity contribution in [2.45, 2.75) is 58.0 Å². The van der Waals surface area contributed by atoms with Crippen LogP contribution in [-0.2, 0) is 28.3 Å². The first-order valence-corrected chi connectivity index (χ1v) is 13.9. The Hall–Kier alpha value is -3.25. The van der Waals surface area contributed by atoms with Gasteiger partial charge in [0.1, 0.15) is 11.8 Å². The van der Waals surface area contributed by atoms with Gasteiger partial charge in [-0.05, 0) is 49.1 Å². The van der Waals surface area contributed by atoms with Crippen LogP contribution in [-0.4, -0.2) is 41.7 Å². The molecule has 0 aromatic heterocycles. The highest BCUT2D eigenvalue weighted by molar-refractivity contribution is 7.99. The van der Waals surface area contributed by atoms with Gasteiger partial charge < -0.3 is 15.0 Å². The van der Waals surface area contributed by atoms with E-state index in [9.17, 15) is 9.59 Å². The Balaban J connectivity index is 1.87. The van der Waals surface area contributed by atoms with Crippen molar-refractivity contribution in [3.63, 3.8) is 0 Å². The molecule has 0 aliphatic rings. The topological polar surface area (TPSA) is 58.6 Å². The number of nitrogens with one attached hydrogen (secondary N) is 1. The highest BCUT2D eigenvalue weighted by Crippen LogP contribution is 2.21. The van der Waals surface area contributed by atoms with Crippen molar-refractivity contribution in [3.8, 4) is 5.75 Å². The third-order valence-electron chi connectivity index (χ3n) is 6.34. The number of carbonyl (C=O) groups is 2. The zero-order valence-electron chi connectivity index (χ0n) is 22.3. The number of rotatable bonds is 13. The Labute approximate surface area is 225 Å². The number of amides is 2. The summed E-state index contributed by atoms with van der Waals surface area (Å²) in [4.78, 5) is 29.1. The van der Waals surface area contributed by atoms with Gasteiger partial charge in [-0.25, -0.2) is 0 Å². The Morgan fingerprint density at radius 3 is 2.35 bits per heavy atom. The summed E-state index contributed by atoms with van der Waals surface area (Å²) in [5, 5.41) is 3.12. The lowest BCUT2D eigenvalue weighted by Crippen LogP contribution is -2.52. The van der Waals surface area contributed by atoms with Crippen LogP contribution < -0.4 is 10.1 Å². The normalized spacial score (nSPS) is 12.4. The molecule has 1 N–H and O–H groups in total. The van der Waals surface area contributed by atoms with E-state index < -0.39 is 6.04 Å². The second kappa shape index (κ2) is 14.5. The Kier molecular flexibility index (Phi) is 11.1. The first-order valence-electron chi connectivity index (χ1n) is 12.8. The Morgan fingerprint density at radius 1 is 0.946 bits per heavy atom. The van der Waals surface area contributed by atoms with E-state index in [-0.39, 0.29) is 17.9 Å². The van der Waals surface area contributed by atoms with Gasteiger partial charge in [0.2, 0.25) is 11.8 Å². The molecule has 0 bridgehead atoms. The number of hydrogen-bond acceptors (Lipinski definition) is 4. The molecular formula is C31H38N2O3S. The van der Waals surface area contributed by atoms with Gasteiger partial charge in [0.15, 0.2) is 0 Å². The lowest BCUT2D eigenvalue weighted by Gasteiger charge is -2.32. The second-order valence-electron chi connectivity index (χ2n) is 9.38. The van der Waals surface area contributed by atoms with Gasteiger partial charge in [-0.2, -0.15) is 0 Å². The average Bonchev–Trinajstić information content (AvgIpc) is 2.91. The molecule has 0 heterocycles. The van der Waals surface area contributed by atoms with Crippen molar-refractivity contribution in [3.05, 3.63) is 101 Å². The van der Waals surface area contributed by atoms with E-state index in [1.807, 2.05) is 74.5 Å². The zero-order chi connectivity index (χ0) is 26.6. The third kappa shape index (κ3) is 8.97. The summed E-state index contributed by atoms with van der Waals surface area (Å²) in [5.74, 6) is 1.57. The summed E-state index contributed by atoms with van der Waals surface area (Å²) >= 11 is 1.58. The average molecular weight is 519 g/mol. The predicted octanol–water partition coefficient (Wildman–Crippen LogP) is 5.79. The van der Waals surface area contributed by atoms with Crippen molar-refractivity contribution in [1.82, 2.24) is 10.2 Å². The minimum Gasteiger partial charge on any atom is -0.497 e. The molecule has 196 valence electrons. The van der Waals surface area contributed by atoms with Crippen LogP contribution in [0.15, 0.2) is 78.9 Å². The fourth-order valence-electron chi connectivity index (χ4n) is 4.10. The lowest BCUT2D eigenvalue weighted by atomic mass is 10.0. The maximum absolute atomic E-state index is 13.7. The van der Waals surface area contributed by atoms with Crippen molar-refractivity contribution in [1.29, 1.82) is 0 Å². The number of ether oxygens (including phenoxy) is 1. The molecule has 3 rings (SSSR count). The van der Waals surface area contributed by atoms with Crippen LogP contribution in [0.25, 0.3) is 0 Å². The summed E-state index contributed by atoms with van der Waals surface area (Å²) in [7, 11) is 1.63. The van der Waals surface area contributed by atoms with Crippen molar-refractivity contribution < 1.29 is 14.3 Å². The molecule has 3 aromatic rings. The molecule has 6 heteroatoms. The highest BCUT2D eigenvalue weighted by atomic mass is 32.2. The van der Waals surface area contributed by atoms with Gasteiger partial charge in [-0.3, -0.25) is 9.59 Å². The second-order valence-corrected chi connectivity index (χ2v) is 10.4. The summed E-state index contributed by atoms with van der Waals surface area (Å²) in [6.07, 6.45) is 1.27. The van der Waals surface area contributed by atoms with Gasteiger partial charge in [-0.1, -0.05) is 79.2 Å². The number of nitrogens with zero attached hydrogens (tertiary/aromatic N) is 1. The molecule has 37 heavy (non-hydrogen) atoms. The van der Waals surface area contributed by atoms with Gasteiger partial charge in [0, 0.05) is 24.8 Å². The lowest BCUT2D eigenvalue weighted by molar-refractivity contribution is -0.139. The number of thioether (sulfide) groups is 1. The minimum atomic E-state index is -0.630. The molecule has 0 saturated carbocycles. The summed E-state index contributed by atoms with van der Waals surface area (Å²) in [6, 6.07) is 25.3. The van der Waals surface area contributed by atoms with Crippen LogP contribution in [0, 0.1) is 6.92 Å². The molecule has 0 aliphatic carbocycles. The maximum atomic E-state index is 13.7. The number of benzene rings is 3. The SMILES string of the molecule is CC[C@@H](C)NC(=O)[C@H](Cc1ccccc1)N(Cc1cccc(OC)c1)C(=O)CSCc1cccc(C)c1. The van der Waals surface area contributed by atoms with Gasteiger partial charge in [0.05, 0.1) is 12.9 Å². The smallest absolute Gasteiger partial charge is 0.243 e. The molecule has 2 amide bonds. The monoisotopic (exact) mass is 518 g/mol. The molecule has 3 aromatic carbocycles. The molecule has 0 saturated heterocycles. The fraction of sp³-hybridized carbons (Fsp3) is 0.355. The number of carbonyl (C=O) groups excluding carboxylic acids is 2. The number of aryl methyl sites for hydroxylation is 1. The molecule has 0 fully saturated rings. The number of methoxy groups -OCH3 is 1. The molecule has 0 unspecified atom stereocenters. The quantitative estimate of drug-likeness (QED) is 0.311. The zero-order valence-corrected chi connectivity index (χ0v) is 23.1. The summed E-state index contributed by atoms with van der Waals surface area (Å²) < 4.78 is 5.40. The van der Waals surface area contributed by atoms with E-state index in [1.54, 1.807) is 23.8 Å². The van der Waals surface area contributed by atoms with Crippen LogP contribution in [0.2, 0.25) is 0 Å². The van der Waals surface area contributed by atoms with Crippen molar-refractivity contribution >= 4 is 23.6 Å². The number of hydrogen-bond donors (Lipinski definition) is 1. The van der Waals surface area contributed by atoms with E-state index in [4.69, 9.17) is 4.74 Å². The Morgan fingerprint density at radius 2 is 1.65 bits per heavy atom. The van der Waals surface area contributed by atoms with Gasteiger partial charge in [-0.15, -0.1) is 11.8 Å². The van der Waals surface area contributed by atoms with E-state index >= 15 is 0 Å². The maximum Gasteiger partial charge on any atom is 0.243 e. The molecule has 5 nitrogen and oxygen atoms in total. The van der Waals surface area contributed by atoms with Crippen LogP contribution in [0.1, 0.15) is 42.5 Å². The molecular weight excluding hydrogens is 480 g/mol. The van der Waals surface area contributed by atoms with Crippen LogP contribution in [0.4, 0.5) is 0 Å². The van der Waals surface area contributed by atoms with Crippen LogP contribution >= 0.6 is 11.8 Å². The van der Waals surface area contributed by atoms with E-state index in [1.165, 1.54) is 11.1 Å². The van der Waals surface area contributed by atoms with Crippen LogP contribution in [0.3, 0.4) is 0 Å². The van der Waals surface area contributed by atoms with Crippen molar-refractivity contribution in [2.24, 2.45) is 0 Å². The third-order valence-corrected chi connectivity index (χ3v) is 7.32. The first kappa shape index (κ1) is 28.3. The molecule has 0 aliphatic heterocycles. The molecule has 0 radical (unpaired) electrons. The summed E-state index contributed by atoms with van der Waals surface area (Å²) in [6.45, 7) is 6.42. The minimum absolute atomic E-state index is 0.0234. The fourth-order valence-corrected chi connectivity index (χ4v) is 4.96. The molecule has 0 spiro atoms. The molecule has 2 atom stereocenters. The van der Waals surface area contributed by atoms with Gasteiger partial charge >= 0.3 is 0 Å². The summed E-state index contributed by atoms with van der Waals surface area (Å²) in [5.41, 5.74) is 4.33. The standard InChI is InChI=1S/C31H38N2O3S/c1-5-24(3)32-31(35)29(19-25-12-7-6-8-13-25)33(20-26-14-10-16-28(18-26)36-4)30(34)22-37-21-27-15-9-11-23(2)17-27/h6-18,24,29H,5,19-22H2,1-4H3,(H,32,35)/t24-,29+/m1/s1. The van der Waals surface area contributed by atoms with E-state index in [0.29, 0.717) is 18.7 Å². The largest absolute Gasteiger partial charge is 0.497 e. The predicted molar refractivity (Wildman–Crippen MR) is 153 cm³/mol. The van der Waals surface area contributed by atoms with E-state index in [2.05, 4.69) is 30.4 Å². The first-order chi connectivity index (χ1) is 17.9. The highest BCUT2D eigenvalue weighted by Gasteiger charge is 2.31. The van der Waals surface area contributed by atoms with Crippen molar-refractivity contribution in [2.75, 3.05) is 12.9 Å². The Bertz CT molecular complexity index is 1150. The van der Waals surface area contributed by atoms with E-state index in [0.717, 1.165) is 29.1 Å². The van der Waals surface area contributed by atoms with Crippen LogP contribution in [0.5, 0.6) is 5.75 Å². The van der Waals surface area contributed by atoms with Gasteiger partial charge in [0.25, 0.3) is 0 Å².